The molecule has 6 heteroatoms. The van der Waals surface area contributed by atoms with E-state index in [-0.39, 0.29) is 23.7 Å². The highest BCUT2D eigenvalue weighted by Gasteiger charge is 2.34. The molecule has 5 nitrogen and oxygen atoms in total. The van der Waals surface area contributed by atoms with Crippen molar-refractivity contribution in [3.05, 3.63) is 101 Å². The van der Waals surface area contributed by atoms with Crippen LogP contribution in [-0.4, -0.2) is 25.2 Å². The lowest BCUT2D eigenvalue weighted by Gasteiger charge is -2.35. The van der Waals surface area contributed by atoms with Crippen molar-refractivity contribution in [2.24, 2.45) is 17.6 Å². The average molecular weight is 533 g/mol. The van der Waals surface area contributed by atoms with Crippen LogP contribution in [0.1, 0.15) is 67.2 Å². The molecule has 1 atom stereocenters. The van der Waals surface area contributed by atoms with E-state index in [0.717, 1.165) is 60.8 Å². The van der Waals surface area contributed by atoms with Crippen molar-refractivity contribution in [1.29, 1.82) is 0 Å². The van der Waals surface area contributed by atoms with Gasteiger partial charge in [0, 0.05) is 13.1 Å². The Bertz CT molecular complexity index is 1280. The molecule has 0 aliphatic heterocycles. The van der Waals surface area contributed by atoms with Gasteiger partial charge in [-0.3, -0.25) is 4.79 Å². The molecule has 1 unspecified atom stereocenters. The first-order valence-corrected chi connectivity index (χ1v) is 15.2. The highest BCUT2D eigenvalue weighted by molar-refractivity contribution is 7.89. The summed E-state index contributed by atoms with van der Waals surface area (Å²) in [7, 11) is -3.66. The van der Waals surface area contributed by atoms with Crippen LogP contribution >= 0.6 is 0 Å². The van der Waals surface area contributed by atoms with E-state index in [1.54, 1.807) is 16.4 Å². The Morgan fingerprint density at radius 2 is 1.53 bits per heavy atom. The summed E-state index contributed by atoms with van der Waals surface area (Å²) in [6.45, 7) is 4.95. The van der Waals surface area contributed by atoms with Crippen LogP contribution in [0.25, 0.3) is 0 Å². The van der Waals surface area contributed by atoms with Crippen molar-refractivity contribution in [3.8, 4) is 0 Å². The van der Waals surface area contributed by atoms with E-state index in [1.165, 1.54) is 0 Å². The van der Waals surface area contributed by atoms with Gasteiger partial charge >= 0.3 is 0 Å². The average Bonchev–Trinajstić information content (AvgIpc) is 2.91. The molecular weight excluding hydrogens is 492 g/mol. The molecule has 0 bridgehead atoms. The number of rotatable bonds is 11. The molecule has 0 spiro atoms. The summed E-state index contributed by atoms with van der Waals surface area (Å²) in [5.41, 5.74) is 10.1. The Hall–Kier alpha value is -2.96. The number of primary amides is 1. The molecule has 1 amide bonds. The number of nitrogens with two attached hydrogens (primary N) is 1. The fourth-order valence-corrected chi connectivity index (χ4v) is 7.24. The molecule has 0 heterocycles. The number of carbonyl (C=O) groups is 1. The number of hydrogen-bond donors (Lipinski definition) is 1. The van der Waals surface area contributed by atoms with E-state index in [4.69, 9.17) is 5.73 Å². The lowest BCUT2D eigenvalue weighted by atomic mass is 9.73. The molecule has 2 N–H and O–H groups in total. The second-order valence-corrected chi connectivity index (χ2v) is 12.7. The third kappa shape index (κ3) is 6.91. The fraction of sp³-hybridized carbons (Fsp3) is 0.406. The van der Waals surface area contributed by atoms with Crippen LogP contribution in [0.15, 0.2) is 83.8 Å². The summed E-state index contributed by atoms with van der Waals surface area (Å²) in [5.74, 6) is -0.174. The summed E-state index contributed by atoms with van der Waals surface area (Å²) in [6.07, 6.45) is 5.42. The maximum Gasteiger partial charge on any atom is 0.243 e. The minimum Gasteiger partial charge on any atom is -0.369 e. The van der Waals surface area contributed by atoms with Gasteiger partial charge in [-0.05, 0) is 79.7 Å². The van der Waals surface area contributed by atoms with Crippen LogP contribution in [0.4, 0.5) is 0 Å². The summed E-state index contributed by atoms with van der Waals surface area (Å²) in [4.78, 5) is 12.8. The van der Waals surface area contributed by atoms with Crippen molar-refractivity contribution >= 4 is 15.9 Å². The maximum absolute atomic E-state index is 13.8. The van der Waals surface area contributed by atoms with Crippen LogP contribution < -0.4 is 5.73 Å². The van der Waals surface area contributed by atoms with Gasteiger partial charge in [0.15, 0.2) is 0 Å². The van der Waals surface area contributed by atoms with Gasteiger partial charge in [-0.1, -0.05) is 85.6 Å². The first-order chi connectivity index (χ1) is 18.3. The van der Waals surface area contributed by atoms with Gasteiger partial charge < -0.3 is 5.73 Å². The number of hydrogen-bond acceptors (Lipinski definition) is 3. The highest BCUT2D eigenvalue weighted by atomic mass is 32.2. The molecule has 4 rings (SSSR count). The van der Waals surface area contributed by atoms with Gasteiger partial charge in [0.1, 0.15) is 0 Å². The number of sulfonamides is 1. The van der Waals surface area contributed by atoms with Gasteiger partial charge in [0.2, 0.25) is 15.9 Å². The Balaban J connectivity index is 1.50. The molecule has 0 saturated heterocycles. The molecule has 0 radical (unpaired) electrons. The zero-order valence-corrected chi connectivity index (χ0v) is 23.4. The van der Waals surface area contributed by atoms with Gasteiger partial charge in [-0.2, -0.15) is 4.31 Å². The second-order valence-electron chi connectivity index (χ2n) is 10.7. The van der Waals surface area contributed by atoms with Gasteiger partial charge in [0.25, 0.3) is 0 Å². The van der Waals surface area contributed by atoms with E-state index < -0.39 is 10.0 Å². The van der Waals surface area contributed by atoms with Crippen molar-refractivity contribution in [1.82, 2.24) is 4.31 Å². The van der Waals surface area contributed by atoms with Gasteiger partial charge in [-0.15, -0.1) is 0 Å². The molecule has 1 saturated carbocycles. The smallest absolute Gasteiger partial charge is 0.243 e. The standard InChI is InChI=1S/C32H40N2O3S/c1-3-7-25-14-20-30(21-15-25)38(36,37)34(22-26-8-5-4-6-9-26)23-27-12-18-29(19-13-27)31(32(33)35)28-16-10-24(2)11-17-28/h4-6,8-11,14-17,20-21,27,29,31H,3,7,12-13,18-19,22-23H2,1-2H3,(H2,33,35). The van der Waals surface area contributed by atoms with Crippen molar-refractivity contribution in [2.45, 2.75) is 69.7 Å². The topological polar surface area (TPSA) is 80.5 Å². The van der Waals surface area contributed by atoms with Gasteiger partial charge in [0.05, 0.1) is 10.8 Å². The third-order valence-corrected chi connectivity index (χ3v) is 9.70. The van der Waals surface area contributed by atoms with E-state index >= 15 is 0 Å². The Labute approximate surface area is 228 Å². The van der Waals surface area contributed by atoms with Crippen LogP contribution in [0.5, 0.6) is 0 Å². The largest absolute Gasteiger partial charge is 0.369 e. The maximum atomic E-state index is 13.8. The first-order valence-electron chi connectivity index (χ1n) is 13.8. The normalized spacial score (nSPS) is 18.8. The quantitative estimate of drug-likeness (QED) is 0.319. The fourth-order valence-electron chi connectivity index (χ4n) is 5.74. The monoisotopic (exact) mass is 532 g/mol. The van der Waals surface area contributed by atoms with E-state index in [1.807, 2.05) is 73.7 Å². The number of carbonyl (C=O) groups excluding carboxylic acids is 1. The van der Waals surface area contributed by atoms with Crippen LogP contribution in [0.3, 0.4) is 0 Å². The molecule has 38 heavy (non-hydrogen) atoms. The van der Waals surface area contributed by atoms with E-state index in [9.17, 15) is 13.2 Å². The minimum atomic E-state index is -3.66. The Morgan fingerprint density at radius 3 is 2.11 bits per heavy atom. The third-order valence-electron chi connectivity index (χ3n) is 7.87. The second kappa shape index (κ2) is 12.7. The van der Waals surface area contributed by atoms with E-state index in [2.05, 4.69) is 6.92 Å². The summed E-state index contributed by atoms with van der Waals surface area (Å²) >= 11 is 0. The lowest BCUT2D eigenvalue weighted by molar-refractivity contribution is -0.121. The molecule has 3 aromatic rings. The highest BCUT2D eigenvalue weighted by Crippen LogP contribution is 2.39. The summed E-state index contributed by atoms with van der Waals surface area (Å²) < 4.78 is 29.3. The number of benzene rings is 3. The predicted octanol–water partition coefficient (Wildman–Crippen LogP) is 6.21. The van der Waals surface area contributed by atoms with Crippen molar-refractivity contribution < 1.29 is 13.2 Å². The van der Waals surface area contributed by atoms with Crippen molar-refractivity contribution in [2.75, 3.05) is 6.54 Å². The zero-order chi connectivity index (χ0) is 27.1. The molecule has 202 valence electrons. The van der Waals surface area contributed by atoms with Gasteiger partial charge in [-0.25, -0.2) is 8.42 Å². The number of amides is 1. The molecule has 1 aliphatic carbocycles. The molecule has 0 aromatic heterocycles. The number of aryl methyl sites for hydroxylation is 2. The first kappa shape index (κ1) is 28.1. The minimum absolute atomic E-state index is 0.178. The summed E-state index contributed by atoms with van der Waals surface area (Å²) in [6, 6.07) is 25.2. The lowest BCUT2D eigenvalue weighted by Crippen LogP contribution is -2.37. The predicted molar refractivity (Wildman–Crippen MR) is 153 cm³/mol. The van der Waals surface area contributed by atoms with Crippen LogP contribution in [0.2, 0.25) is 0 Å². The zero-order valence-electron chi connectivity index (χ0n) is 22.6. The SMILES string of the molecule is CCCc1ccc(S(=O)(=O)N(Cc2ccccc2)CC2CCC(C(C(N)=O)c3ccc(C)cc3)CC2)cc1. The van der Waals surface area contributed by atoms with Crippen LogP contribution in [-0.2, 0) is 27.8 Å². The van der Waals surface area contributed by atoms with Crippen LogP contribution in [0, 0.1) is 18.8 Å². The molecule has 1 fully saturated rings. The molecular formula is C32H40N2O3S. The van der Waals surface area contributed by atoms with E-state index in [0.29, 0.717) is 18.0 Å². The summed E-state index contributed by atoms with van der Waals surface area (Å²) in [5, 5.41) is 0. The van der Waals surface area contributed by atoms with Crippen molar-refractivity contribution in [3.63, 3.8) is 0 Å². The molecule has 3 aromatic carbocycles. The Kier molecular flexibility index (Phi) is 9.40. The molecule has 1 aliphatic rings. The number of nitrogens with zero attached hydrogens (tertiary/aromatic N) is 1. The Morgan fingerprint density at radius 1 is 0.895 bits per heavy atom.